The Balaban J connectivity index is 2.09. The van der Waals surface area contributed by atoms with E-state index in [0.717, 1.165) is 24.4 Å². The number of nitrogens with zero attached hydrogens (tertiary/aromatic N) is 1. The van der Waals surface area contributed by atoms with Crippen LogP contribution < -0.4 is 10.9 Å². The molecule has 130 valence electrons. The lowest BCUT2D eigenvalue weighted by atomic mass is 10.0. The Morgan fingerprint density at radius 2 is 1.67 bits per heavy atom. The number of hydrazine groups is 1. The zero-order valence-electron chi connectivity index (χ0n) is 15.1. The van der Waals surface area contributed by atoms with Crippen molar-refractivity contribution in [2.45, 2.75) is 58.4 Å². The first-order chi connectivity index (χ1) is 11.8. The molecule has 1 unspecified atom stereocenters. The molecule has 3 heteroatoms. The van der Waals surface area contributed by atoms with Gasteiger partial charge in [0, 0.05) is 12.1 Å². The Kier molecular flexibility index (Phi) is 8.50. The van der Waals surface area contributed by atoms with E-state index in [1.807, 2.05) is 6.07 Å². The molecule has 1 atom stereocenters. The van der Waals surface area contributed by atoms with E-state index in [1.165, 1.54) is 37.7 Å². The third-order valence-corrected chi connectivity index (χ3v) is 4.23. The predicted molar refractivity (Wildman–Crippen MR) is 103 cm³/mol. The third kappa shape index (κ3) is 6.06. The number of hydrogen-bond acceptors (Lipinski definition) is 3. The van der Waals surface area contributed by atoms with Crippen molar-refractivity contribution in [3.63, 3.8) is 0 Å². The van der Waals surface area contributed by atoms with Gasteiger partial charge in [0.05, 0.1) is 17.4 Å². The molecule has 1 heterocycles. The maximum absolute atomic E-state index is 4.92. The highest BCUT2D eigenvalue weighted by molar-refractivity contribution is 5.58. The van der Waals surface area contributed by atoms with Gasteiger partial charge < -0.3 is 0 Å². The second-order valence-corrected chi connectivity index (χ2v) is 6.29. The van der Waals surface area contributed by atoms with Gasteiger partial charge in [0.2, 0.25) is 0 Å². The molecule has 0 amide bonds. The lowest BCUT2D eigenvalue weighted by Crippen LogP contribution is -2.36. The van der Waals surface area contributed by atoms with Crippen LogP contribution >= 0.6 is 0 Å². The van der Waals surface area contributed by atoms with Gasteiger partial charge in [-0.3, -0.25) is 10.4 Å². The molecule has 2 aromatic rings. The summed E-state index contributed by atoms with van der Waals surface area (Å²) in [6.07, 6.45) is 7.24. The summed E-state index contributed by atoms with van der Waals surface area (Å²) < 4.78 is 0. The van der Waals surface area contributed by atoms with Crippen molar-refractivity contribution in [1.29, 1.82) is 0 Å². The van der Waals surface area contributed by atoms with Crippen molar-refractivity contribution >= 4 is 0 Å². The fourth-order valence-corrected chi connectivity index (χ4v) is 2.77. The zero-order valence-corrected chi connectivity index (χ0v) is 15.1. The molecule has 3 nitrogen and oxygen atoms in total. The number of benzene rings is 1. The highest BCUT2D eigenvalue weighted by atomic mass is 15.4. The molecule has 2 N–H and O–H groups in total. The van der Waals surface area contributed by atoms with Crippen LogP contribution in [0, 0.1) is 0 Å². The summed E-state index contributed by atoms with van der Waals surface area (Å²) in [6, 6.07) is 17.0. The highest BCUT2D eigenvalue weighted by Gasteiger charge is 2.13. The van der Waals surface area contributed by atoms with Crippen molar-refractivity contribution in [3.8, 4) is 11.3 Å². The maximum Gasteiger partial charge on any atom is 0.0706 e. The van der Waals surface area contributed by atoms with Gasteiger partial charge in [0.15, 0.2) is 0 Å². The molecule has 0 spiro atoms. The molecule has 0 aliphatic heterocycles. The zero-order chi connectivity index (χ0) is 17.0. The SMILES string of the molecule is CCCCCC(NNCCCC)c1cccc(-c2ccccc2)n1. The van der Waals surface area contributed by atoms with E-state index in [1.54, 1.807) is 0 Å². The molecule has 1 aromatic carbocycles. The van der Waals surface area contributed by atoms with Crippen molar-refractivity contribution < 1.29 is 0 Å². The lowest BCUT2D eigenvalue weighted by Gasteiger charge is -2.19. The first-order valence-electron chi connectivity index (χ1n) is 9.36. The highest BCUT2D eigenvalue weighted by Crippen LogP contribution is 2.22. The summed E-state index contributed by atoms with van der Waals surface area (Å²) in [5.41, 5.74) is 10.2. The molecule has 24 heavy (non-hydrogen) atoms. The molecule has 1 aromatic heterocycles. The molecule has 0 radical (unpaired) electrons. The van der Waals surface area contributed by atoms with Crippen LogP contribution in [0.2, 0.25) is 0 Å². The van der Waals surface area contributed by atoms with Gasteiger partial charge >= 0.3 is 0 Å². The van der Waals surface area contributed by atoms with Gasteiger partial charge in [0.1, 0.15) is 0 Å². The van der Waals surface area contributed by atoms with Crippen LogP contribution in [0.3, 0.4) is 0 Å². The molecule has 0 bridgehead atoms. The second-order valence-electron chi connectivity index (χ2n) is 6.29. The van der Waals surface area contributed by atoms with Crippen LogP contribution in [0.15, 0.2) is 48.5 Å². The summed E-state index contributed by atoms with van der Waals surface area (Å²) in [5, 5.41) is 0. The Bertz CT molecular complexity index is 568. The predicted octanol–water partition coefficient (Wildman–Crippen LogP) is 5.26. The molecule has 2 rings (SSSR count). The van der Waals surface area contributed by atoms with Gasteiger partial charge in [0.25, 0.3) is 0 Å². The average Bonchev–Trinajstić information content (AvgIpc) is 2.64. The maximum atomic E-state index is 4.92. The van der Waals surface area contributed by atoms with E-state index in [0.29, 0.717) is 0 Å². The first-order valence-corrected chi connectivity index (χ1v) is 9.36. The van der Waals surface area contributed by atoms with Crippen molar-refractivity contribution in [2.24, 2.45) is 0 Å². The standard InChI is InChI=1S/C21H31N3/c1-3-5-8-14-21(24-22-17-6-4-2)20-16-11-15-19(23-20)18-12-9-7-10-13-18/h7,9-13,15-16,21-22,24H,3-6,8,14,17H2,1-2H3. The summed E-state index contributed by atoms with van der Waals surface area (Å²) in [6.45, 7) is 5.46. The number of unbranched alkanes of at least 4 members (excludes halogenated alkanes) is 3. The van der Waals surface area contributed by atoms with E-state index in [2.05, 4.69) is 67.2 Å². The number of nitrogens with one attached hydrogen (secondary N) is 2. The lowest BCUT2D eigenvalue weighted by molar-refractivity contribution is 0.396. The van der Waals surface area contributed by atoms with Crippen molar-refractivity contribution in [1.82, 2.24) is 15.8 Å². The number of rotatable bonds is 11. The Morgan fingerprint density at radius 1 is 0.875 bits per heavy atom. The van der Waals surface area contributed by atoms with Crippen LogP contribution in [0.25, 0.3) is 11.3 Å². The Hall–Kier alpha value is -1.71. The molecule has 0 fully saturated rings. The van der Waals surface area contributed by atoms with Crippen LogP contribution in [-0.2, 0) is 0 Å². The smallest absolute Gasteiger partial charge is 0.0706 e. The number of aromatic nitrogens is 1. The summed E-state index contributed by atoms with van der Waals surface area (Å²) in [7, 11) is 0. The van der Waals surface area contributed by atoms with E-state index in [4.69, 9.17) is 4.98 Å². The van der Waals surface area contributed by atoms with Gasteiger partial charge in [-0.05, 0) is 25.0 Å². The van der Waals surface area contributed by atoms with Crippen LogP contribution in [0.1, 0.15) is 64.1 Å². The minimum Gasteiger partial charge on any atom is -0.257 e. The molecular weight excluding hydrogens is 294 g/mol. The van der Waals surface area contributed by atoms with Crippen molar-refractivity contribution in [2.75, 3.05) is 6.54 Å². The molecular formula is C21H31N3. The minimum atomic E-state index is 0.261. The largest absolute Gasteiger partial charge is 0.257 e. The monoisotopic (exact) mass is 325 g/mol. The molecule has 0 aliphatic rings. The van der Waals surface area contributed by atoms with Gasteiger partial charge in [-0.25, -0.2) is 5.43 Å². The van der Waals surface area contributed by atoms with Crippen molar-refractivity contribution in [3.05, 3.63) is 54.2 Å². The summed E-state index contributed by atoms with van der Waals surface area (Å²) >= 11 is 0. The fraction of sp³-hybridized carbons (Fsp3) is 0.476. The molecule has 0 saturated heterocycles. The Labute approximate surface area is 146 Å². The van der Waals surface area contributed by atoms with E-state index >= 15 is 0 Å². The minimum absolute atomic E-state index is 0.261. The van der Waals surface area contributed by atoms with Gasteiger partial charge in [-0.15, -0.1) is 0 Å². The average molecular weight is 326 g/mol. The number of pyridine rings is 1. The first kappa shape index (κ1) is 18.6. The third-order valence-electron chi connectivity index (χ3n) is 4.23. The van der Waals surface area contributed by atoms with Gasteiger partial charge in [-0.1, -0.05) is 75.9 Å². The number of hydrogen-bond donors (Lipinski definition) is 2. The van der Waals surface area contributed by atoms with E-state index in [9.17, 15) is 0 Å². The normalized spacial score (nSPS) is 12.2. The quantitative estimate of drug-likeness (QED) is 0.437. The van der Waals surface area contributed by atoms with E-state index in [-0.39, 0.29) is 6.04 Å². The van der Waals surface area contributed by atoms with Crippen LogP contribution in [0.4, 0.5) is 0 Å². The van der Waals surface area contributed by atoms with Crippen LogP contribution in [0.5, 0.6) is 0 Å². The van der Waals surface area contributed by atoms with Gasteiger partial charge in [-0.2, -0.15) is 0 Å². The van der Waals surface area contributed by atoms with E-state index < -0.39 is 0 Å². The summed E-state index contributed by atoms with van der Waals surface area (Å²) in [5.74, 6) is 0. The Morgan fingerprint density at radius 3 is 2.42 bits per heavy atom. The molecule has 0 saturated carbocycles. The summed E-state index contributed by atoms with van der Waals surface area (Å²) in [4.78, 5) is 4.92. The topological polar surface area (TPSA) is 37.0 Å². The molecule has 0 aliphatic carbocycles. The fourth-order valence-electron chi connectivity index (χ4n) is 2.77. The second kappa shape index (κ2) is 11.0. The van der Waals surface area contributed by atoms with Crippen LogP contribution in [-0.4, -0.2) is 11.5 Å².